The molecule has 0 bridgehead atoms. The Morgan fingerprint density at radius 1 is 1.33 bits per heavy atom. The van der Waals surface area contributed by atoms with Crippen molar-refractivity contribution in [2.75, 3.05) is 6.61 Å². The van der Waals surface area contributed by atoms with Crippen molar-refractivity contribution in [2.45, 2.75) is 12.5 Å². The van der Waals surface area contributed by atoms with E-state index in [2.05, 4.69) is 10.9 Å². The van der Waals surface area contributed by atoms with E-state index < -0.39 is 0 Å². The Kier molecular flexibility index (Phi) is 1.89. The lowest BCUT2D eigenvalue weighted by Crippen LogP contribution is -2.51. The van der Waals surface area contributed by atoms with Crippen molar-refractivity contribution in [3.8, 4) is 5.75 Å². The summed E-state index contributed by atoms with van der Waals surface area (Å²) in [7, 11) is 0. The third-order valence-corrected chi connectivity index (χ3v) is 2.99. The number of hydrogen-bond acceptors (Lipinski definition) is 3. The summed E-state index contributed by atoms with van der Waals surface area (Å²) < 4.78 is 5.62. The smallest absolute Gasteiger partial charge is 0.234 e. The second kappa shape index (κ2) is 3.24. The number of carbonyl (C=O) groups is 1. The quantitative estimate of drug-likeness (QED) is 0.656. The van der Waals surface area contributed by atoms with Gasteiger partial charge in [-0.3, -0.25) is 10.2 Å². The van der Waals surface area contributed by atoms with Crippen LogP contribution in [-0.4, -0.2) is 12.5 Å². The van der Waals surface area contributed by atoms with Crippen molar-refractivity contribution in [1.82, 2.24) is 10.9 Å². The fourth-order valence-corrected chi connectivity index (χ4v) is 2.24. The minimum atomic E-state index is 0.0410. The molecule has 0 saturated carbocycles. The molecular weight excluding hydrogens is 192 g/mol. The Hall–Kier alpha value is -1.55. The van der Waals surface area contributed by atoms with E-state index in [1.807, 2.05) is 24.3 Å². The number of hydrazine groups is 1. The zero-order chi connectivity index (χ0) is 10.3. The summed E-state index contributed by atoms with van der Waals surface area (Å²) in [6.07, 6.45) is 0.534. The molecule has 2 atom stereocenters. The highest BCUT2D eigenvalue weighted by Crippen LogP contribution is 2.37. The van der Waals surface area contributed by atoms with Gasteiger partial charge in [-0.2, -0.15) is 0 Å². The van der Waals surface area contributed by atoms with E-state index in [0.717, 1.165) is 11.3 Å². The van der Waals surface area contributed by atoms with E-state index >= 15 is 0 Å². The normalized spacial score (nSPS) is 28.4. The molecule has 1 aromatic carbocycles. The van der Waals surface area contributed by atoms with Crippen LogP contribution in [0.1, 0.15) is 18.0 Å². The first kappa shape index (κ1) is 8.73. The molecule has 1 fully saturated rings. The van der Waals surface area contributed by atoms with Gasteiger partial charge >= 0.3 is 0 Å². The average molecular weight is 204 g/mol. The molecule has 2 aliphatic rings. The molecule has 15 heavy (non-hydrogen) atoms. The largest absolute Gasteiger partial charge is 0.493 e. The van der Waals surface area contributed by atoms with Crippen LogP contribution in [0.2, 0.25) is 0 Å². The van der Waals surface area contributed by atoms with Crippen LogP contribution in [0.15, 0.2) is 24.3 Å². The second-order valence-electron chi connectivity index (χ2n) is 3.98. The molecule has 1 aromatic rings. The van der Waals surface area contributed by atoms with Gasteiger partial charge in [0.2, 0.25) is 5.91 Å². The fourth-order valence-electron chi connectivity index (χ4n) is 2.24. The van der Waals surface area contributed by atoms with Crippen molar-refractivity contribution >= 4 is 5.91 Å². The van der Waals surface area contributed by atoms with E-state index in [4.69, 9.17) is 4.74 Å². The summed E-state index contributed by atoms with van der Waals surface area (Å²) in [4.78, 5) is 11.2. The predicted octanol–water partition coefficient (Wildman–Crippen LogP) is 0.761. The maximum absolute atomic E-state index is 11.2. The molecule has 0 aromatic heterocycles. The van der Waals surface area contributed by atoms with Crippen LogP contribution in [0.5, 0.6) is 5.75 Å². The summed E-state index contributed by atoms with van der Waals surface area (Å²) >= 11 is 0. The predicted molar refractivity (Wildman–Crippen MR) is 54.1 cm³/mol. The zero-order valence-corrected chi connectivity index (χ0v) is 8.19. The van der Waals surface area contributed by atoms with Crippen LogP contribution in [0.25, 0.3) is 0 Å². The van der Waals surface area contributed by atoms with Crippen LogP contribution < -0.4 is 15.6 Å². The molecule has 2 unspecified atom stereocenters. The van der Waals surface area contributed by atoms with Crippen LogP contribution in [0, 0.1) is 5.92 Å². The van der Waals surface area contributed by atoms with Gasteiger partial charge in [0.05, 0.1) is 12.6 Å². The summed E-state index contributed by atoms with van der Waals surface area (Å²) in [6.45, 7) is 0.613. The first-order valence-electron chi connectivity index (χ1n) is 5.11. The van der Waals surface area contributed by atoms with Crippen LogP contribution in [0.3, 0.4) is 0 Å². The SMILES string of the molecule is O=C1CC2COc3ccccc3C2NN1. The van der Waals surface area contributed by atoms with Crippen molar-refractivity contribution in [3.63, 3.8) is 0 Å². The molecule has 4 heteroatoms. The molecule has 78 valence electrons. The number of benzene rings is 1. The fraction of sp³-hybridized carbons (Fsp3) is 0.364. The number of fused-ring (bicyclic) bond motifs is 3. The molecule has 4 nitrogen and oxygen atoms in total. The second-order valence-corrected chi connectivity index (χ2v) is 3.98. The van der Waals surface area contributed by atoms with Crippen molar-refractivity contribution in [3.05, 3.63) is 29.8 Å². The summed E-state index contributed by atoms with van der Waals surface area (Å²) in [5.74, 6) is 1.20. The Balaban J connectivity index is 1.97. The zero-order valence-electron chi connectivity index (χ0n) is 8.19. The summed E-state index contributed by atoms with van der Waals surface area (Å²) in [6, 6.07) is 8.14. The van der Waals surface area contributed by atoms with Gasteiger partial charge in [0.25, 0.3) is 0 Å². The highest BCUT2D eigenvalue weighted by atomic mass is 16.5. The molecule has 0 spiro atoms. The van der Waals surface area contributed by atoms with Gasteiger partial charge in [-0.15, -0.1) is 0 Å². The number of amides is 1. The maximum Gasteiger partial charge on any atom is 0.234 e. The maximum atomic E-state index is 11.2. The average Bonchev–Trinajstić information content (AvgIpc) is 2.28. The molecular formula is C11H12N2O2. The summed E-state index contributed by atoms with van der Waals surface area (Å²) in [5.41, 5.74) is 6.86. The lowest BCUT2D eigenvalue weighted by atomic mass is 9.87. The number of nitrogens with one attached hydrogen (secondary N) is 2. The lowest BCUT2D eigenvalue weighted by molar-refractivity contribution is -0.126. The number of hydrogen-bond donors (Lipinski definition) is 2. The number of para-hydroxylation sites is 1. The number of carbonyl (C=O) groups excluding carboxylic acids is 1. The van der Waals surface area contributed by atoms with E-state index in [9.17, 15) is 4.79 Å². The molecule has 1 saturated heterocycles. The van der Waals surface area contributed by atoms with Gasteiger partial charge in [0, 0.05) is 17.9 Å². The van der Waals surface area contributed by atoms with Gasteiger partial charge < -0.3 is 4.74 Å². The lowest BCUT2D eigenvalue weighted by Gasteiger charge is -2.37. The van der Waals surface area contributed by atoms with E-state index in [-0.39, 0.29) is 17.9 Å². The minimum absolute atomic E-state index is 0.0410. The topological polar surface area (TPSA) is 50.4 Å². The van der Waals surface area contributed by atoms with Gasteiger partial charge in [-0.25, -0.2) is 5.43 Å². The third-order valence-electron chi connectivity index (χ3n) is 2.99. The highest BCUT2D eigenvalue weighted by Gasteiger charge is 2.35. The first-order valence-corrected chi connectivity index (χ1v) is 5.11. The van der Waals surface area contributed by atoms with Crippen LogP contribution >= 0.6 is 0 Å². The van der Waals surface area contributed by atoms with Crippen molar-refractivity contribution in [1.29, 1.82) is 0 Å². The monoisotopic (exact) mass is 204 g/mol. The molecule has 0 radical (unpaired) electrons. The molecule has 3 rings (SSSR count). The van der Waals surface area contributed by atoms with Gasteiger partial charge in [0.15, 0.2) is 0 Å². The van der Waals surface area contributed by atoms with E-state index in [1.165, 1.54) is 0 Å². The molecule has 2 N–H and O–H groups in total. The number of rotatable bonds is 0. The Bertz CT molecular complexity index is 405. The Labute approximate surface area is 87.6 Å². The molecule has 2 aliphatic heterocycles. The Morgan fingerprint density at radius 2 is 2.20 bits per heavy atom. The van der Waals surface area contributed by atoms with Crippen LogP contribution in [-0.2, 0) is 4.79 Å². The van der Waals surface area contributed by atoms with Crippen LogP contribution in [0.4, 0.5) is 0 Å². The van der Waals surface area contributed by atoms with Gasteiger partial charge in [0.1, 0.15) is 5.75 Å². The van der Waals surface area contributed by atoms with Crippen molar-refractivity contribution < 1.29 is 9.53 Å². The first-order chi connectivity index (χ1) is 7.34. The standard InChI is InChI=1S/C11H12N2O2/c14-10-5-7-6-15-9-4-2-1-3-8(9)11(7)13-12-10/h1-4,7,11,13H,5-6H2,(H,12,14). The van der Waals surface area contributed by atoms with Gasteiger partial charge in [-0.05, 0) is 6.07 Å². The van der Waals surface area contributed by atoms with Crippen molar-refractivity contribution in [2.24, 2.45) is 5.92 Å². The molecule has 1 amide bonds. The van der Waals surface area contributed by atoms with Gasteiger partial charge in [-0.1, -0.05) is 18.2 Å². The number of ether oxygens (including phenoxy) is 1. The molecule has 0 aliphatic carbocycles. The third kappa shape index (κ3) is 1.37. The van der Waals surface area contributed by atoms with E-state index in [1.54, 1.807) is 0 Å². The molecule has 2 heterocycles. The van der Waals surface area contributed by atoms with E-state index in [0.29, 0.717) is 13.0 Å². The Morgan fingerprint density at radius 3 is 3.13 bits per heavy atom. The highest BCUT2D eigenvalue weighted by molar-refractivity contribution is 5.76. The summed E-state index contributed by atoms with van der Waals surface area (Å²) in [5, 5.41) is 0. The minimum Gasteiger partial charge on any atom is -0.493 e.